The van der Waals surface area contributed by atoms with Crippen molar-refractivity contribution in [2.24, 2.45) is 5.92 Å². The Hall–Kier alpha value is -0.570. The number of anilines is 1. The zero-order valence-electron chi connectivity index (χ0n) is 9.74. The molecule has 2 nitrogen and oxygen atoms in total. The van der Waals surface area contributed by atoms with Crippen LogP contribution in [0.2, 0.25) is 0 Å². The van der Waals surface area contributed by atoms with E-state index in [0.717, 1.165) is 23.3 Å². The first kappa shape index (κ1) is 10.6. The summed E-state index contributed by atoms with van der Waals surface area (Å²) >= 11 is 1.74. The Morgan fingerprint density at radius 1 is 1.12 bits per heavy atom. The van der Waals surface area contributed by atoms with Gasteiger partial charge in [-0.2, -0.15) is 0 Å². The van der Waals surface area contributed by atoms with Gasteiger partial charge in [-0.1, -0.05) is 32.1 Å². The van der Waals surface area contributed by atoms with Crippen LogP contribution in [-0.2, 0) is 6.42 Å². The van der Waals surface area contributed by atoms with Crippen LogP contribution < -0.4 is 5.73 Å². The Morgan fingerprint density at radius 3 is 2.56 bits per heavy atom. The van der Waals surface area contributed by atoms with Crippen LogP contribution in [0.25, 0.3) is 0 Å². The topological polar surface area (TPSA) is 38.9 Å². The molecule has 0 saturated heterocycles. The summed E-state index contributed by atoms with van der Waals surface area (Å²) in [5.74, 6) is 1.61. The molecular weight excluding hydrogens is 216 g/mol. The molecule has 0 unspecified atom stereocenters. The lowest BCUT2D eigenvalue weighted by molar-refractivity contribution is 0.355. The second kappa shape index (κ2) is 4.36. The molecule has 3 heteroatoms. The summed E-state index contributed by atoms with van der Waals surface area (Å²) in [4.78, 5) is 4.76. The molecule has 1 aromatic heterocycles. The van der Waals surface area contributed by atoms with Crippen LogP contribution in [0, 0.1) is 5.92 Å². The van der Waals surface area contributed by atoms with Crippen molar-refractivity contribution in [3.63, 3.8) is 0 Å². The SMILES string of the molecule is Nc1sc(C2CC2)nc1CC1CCCCC1. The fourth-order valence-electron chi connectivity index (χ4n) is 2.70. The molecule has 0 aromatic carbocycles. The van der Waals surface area contributed by atoms with Gasteiger partial charge in [0.2, 0.25) is 0 Å². The van der Waals surface area contributed by atoms with Gasteiger partial charge in [0.05, 0.1) is 10.7 Å². The molecule has 2 fully saturated rings. The van der Waals surface area contributed by atoms with Crippen molar-refractivity contribution in [1.82, 2.24) is 4.98 Å². The number of aromatic nitrogens is 1. The molecule has 88 valence electrons. The van der Waals surface area contributed by atoms with Gasteiger partial charge in [-0.25, -0.2) is 4.98 Å². The first-order chi connectivity index (χ1) is 7.83. The zero-order chi connectivity index (χ0) is 11.0. The summed E-state index contributed by atoms with van der Waals surface area (Å²) in [6.07, 6.45) is 10.8. The van der Waals surface area contributed by atoms with Gasteiger partial charge in [0.25, 0.3) is 0 Å². The highest BCUT2D eigenvalue weighted by molar-refractivity contribution is 7.15. The molecule has 0 spiro atoms. The summed E-state index contributed by atoms with van der Waals surface area (Å²) in [7, 11) is 0. The van der Waals surface area contributed by atoms with Crippen LogP contribution in [0.1, 0.15) is 61.6 Å². The maximum Gasteiger partial charge on any atom is 0.109 e. The minimum Gasteiger partial charge on any atom is -0.389 e. The molecule has 0 aliphatic heterocycles. The molecule has 0 radical (unpaired) electrons. The highest BCUT2D eigenvalue weighted by atomic mass is 32.1. The monoisotopic (exact) mass is 236 g/mol. The first-order valence-electron chi connectivity index (χ1n) is 6.58. The lowest BCUT2D eigenvalue weighted by atomic mass is 9.86. The Labute approximate surface area is 101 Å². The van der Waals surface area contributed by atoms with Crippen molar-refractivity contribution in [2.75, 3.05) is 5.73 Å². The van der Waals surface area contributed by atoms with E-state index >= 15 is 0 Å². The number of nitrogens with zero attached hydrogens (tertiary/aromatic N) is 1. The van der Waals surface area contributed by atoms with Crippen molar-refractivity contribution in [2.45, 2.75) is 57.3 Å². The van der Waals surface area contributed by atoms with Crippen molar-refractivity contribution in [3.8, 4) is 0 Å². The highest BCUT2D eigenvalue weighted by Crippen LogP contribution is 2.43. The fourth-order valence-corrected chi connectivity index (χ4v) is 3.73. The zero-order valence-corrected chi connectivity index (χ0v) is 10.6. The average molecular weight is 236 g/mol. The van der Waals surface area contributed by atoms with Crippen LogP contribution in [-0.4, -0.2) is 4.98 Å². The van der Waals surface area contributed by atoms with E-state index in [9.17, 15) is 0 Å². The molecule has 16 heavy (non-hydrogen) atoms. The third kappa shape index (κ3) is 2.24. The standard InChI is InChI=1S/C13H20N2S/c14-12-11(8-9-4-2-1-3-5-9)15-13(16-12)10-6-7-10/h9-10H,1-8,14H2. The molecule has 0 bridgehead atoms. The van der Waals surface area contributed by atoms with E-state index in [1.807, 2.05) is 0 Å². The van der Waals surface area contributed by atoms with Crippen LogP contribution in [0.5, 0.6) is 0 Å². The van der Waals surface area contributed by atoms with Crippen molar-refractivity contribution in [3.05, 3.63) is 10.7 Å². The summed E-state index contributed by atoms with van der Waals surface area (Å²) in [6, 6.07) is 0. The molecule has 2 aliphatic carbocycles. The summed E-state index contributed by atoms with van der Waals surface area (Å²) in [5.41, 5.74) is 7.29. The number of thiazole rings is 1. The Morgan fingerprint density at radius 2 is 1.88 bits per heavy atom. The quantitative estimate of drug-likeness (QED) is 0.868. The lowest BCUT2D eigenvalue weighted by Crippen LogP contribution is -2.10. The second-order valence-electron chi connectivity index (χ2n) is 5.35. The van der Waals surface area contributed by atoms with E-state index in [1.165, 1.54) is 55.6 Å². The summed E-state index contributed by atoms with van der Waals surface area (Å²) in [6.45, 7) is 0. The van der Waals surface area contributed by atoms with Crippen LogP contribution in [0.4, 0.5) is 5.00 Å². The predicted molar refractivity (Wildman–Crippen MR) is 68.8 cm³/mol. The van der Waals surface area contributed by atoms with E-state index in [0.29, 0.717) is 0 Å². The van der Waals surface area contributed by atoms with E-state index in [2.05, 4.69) is 0 Å². The maximum atomic E-state index is 6.08. The number of rotatable bonds is 3. The van der Waals surface area contributed by atoms with Gasteiger partial charge in [-0.3, -0.25) is 0 Å². The van der Waals surface area contributed by atoms with E-state index in [4.69, 9.17) is 10.7 Å². The van der Waals surface area contributed by atoms with Gasteiger partial charge in [0.1, 0.15) is 5.00 Å². The largest absolute Gasteiger partial charge is 0.389 e. The van der Waals surface area contributed by atoms with E-state index in [1.54, 1.807) is 11.3 Å². The average Bonchev–Trinajstić information content (AvgIpc) is 3.07. The van der Waals surface area contributed by atoms with Crippen LogP contribution in [0.15, 0.2) is 0 Å². The highest BCUT2D eigenvalue weighted by Gasteiger charge is 2.28. The second-order valence-corrected chi connectivity index (χ2v) is 6.41. The van der Waals surface area contributed by atoms with E-state index in [-0.39, 0.29) is 0 Å². The van der Waals surface area contributed by atoms with Crippen molar-refractivity contribution < 1.29 is 0 Å². The van der Waals surface area contributed by atoms with Gasteiger partial charge in [-0.15, -0.1) is 11.3 Å². The summed E-state index contributed by atoms with van der Waals surface area (Å²) in [5, 5.41) is 2.30. The van der Waals surface area contributed by atoms with Crippen LogP contribution >= 0.6 is 11.3 Å². The third-order valence-corrected chi connectivity index (χ3v) is 4.97. The van der Waals surface area contributed by atoms with Crippen molar-refractivity contribution in [1.29, 1.82) is 0 Å². The molecule has 2 saturated carbocycles. The minimum absolute atomic E-state index is 0.757. The van der Waals surface area contributed by atoms with Gasteiger partial charge in [0.15, 0.2) is 0 Å². The molecule has 1 heterocycles. The number of nitrogen functional groups attached to an aromatic ring is 1. The van der Waals surface area contributed by atoms with Gasteiger partial charge in [-0.05, 0) is 25.2 Å². The maximum absolute atomic E-state index is 6.08. The smallest absolute Gasteiger partial charge is 0.109 e. The predicted octanol–water partition coefficient (Wildman–Crippen LogP) is 3.73. The van der Waals surface area contributed by atoms with Crippen molar-refractivity contribution >= 4 is 16.3 Å². The summed E-state index contributed by atoms with van der Waals surface area (Å²) < 4.78 is 0. The molecule has 0 atom stereocenters. The number of hydrogen-bond acceptors (Lipinski definition) is 3. The molecule has 1 aromatic rings. The number of nitrogens with two attached hydrogens (primary N) is 1. The van der Waals surface area contributed by atoms with Gasteiger partial charge < -0.3 is 5.73 Å². The molecule has 0 amide bonds. The number of hydrogen-bond donors (Lipinski definition) is 1. The van der Waals surface area contributed by atoms with Gasteiger partial charge >= 0.3 is 0 Å². The van der Waals surface area contributed by atoms with Crippen LogP contribution in [0.3, 0.4) is 0 Å². The Balaban J connectivity index is 1.68. The van der Waals surface area contributed by atoms with E-state index < -0.39 is 0 Å². The fraction of sp³-hybridized carbons (Fsp3) is 0.769. The molecule has 3 rings (SSSR count). The third-order valence-electron chi connectivity index (χ3n) is 3.88. The van der Waals surface area contributed by atoms with Gasteiger partial charge in [0, 0.05) is 5.92 Å². The Kier molecular flexibility index (Phi) is 2.88. The normalized spacial score (nSPS) is 22.5. The minimum atomic E-state index is 0.757. The lowest BCUT2D eigenvalue weighted by Gasteiger charge is -2.20. The Bertz CT molecular complexity index is 362. The molecular formula is C13H20N2S. The molecule has 2 aliphatic rings. The first-order valence-corrected chi connectivity index (χ1v) is 7.39. The molecule has 2 N–H and O–H groups in total.